The number of carbonyl (C=O) groups excluding carboxylic acids is 2. The van der Waals surface area contributed by atoms with Crippen molar-refractivity contribution < 1.29 is 14.3 Å². The molecule has 0 fully saturated rings. The Morgan fingerprint density at radius 1 is 1.17 bits per heavy atom. The van der Waals surface area contributed by atoms with Crippen LogP contribution in [0.4, 0.5) is 5.82 Å². The third-order valence-corrected chi connectivity index (χ3v) is 4.88. The molecule has 1 aromatic heterocycles. The van der Waals surface area contributed by atoms with Gasteiger partial charge in [-0.2, -0.15) is 5.10 Å². The molecule has 0 radical (unpaired) electrons. The monoisotopic (exact) mass is 414 g/mol. The zero-order valence-corrected chi connectivity index (χ0v) is 19.0. The van der Waals surface area contributed by atoms with E-state index in [1.807, 2.05) is 44.2 Å². The van der Waals surface area contributed by atoms with E-state index in [1.165, 1.54) is 0 Å². The minimum Gasteiger partial charge on any atom is -0.497 e. The van der Waals surface area contributed by atoms with E-state index in [4.69, 9.17) is 9.84 Å². The topological polar surface area (TPSA) is 76.5 Å². The van der Waals surface area contributed by atoms with Crippen molar-refractivity contribution >= 4 is 17.6 Å². The highest BCUT2D eigenvalue weighted by atomic mass is 16.5. The van der Waals surface area contributed by atoms with Gasteiger partial charge in [0.25, 0.3) is 0 Å². The van der Waals surface area contributed by atoms with Crippen molar-refractivity contribution in [2.45, 2.75) is 59.3 Å². The molecule has 164 valence electrons. The lowest BCUT2D eigenvalue weighted by Crippen LogP contribution is -2.38. The Labute approximate surface area is 179 Å². The summed E-state index contributed by atoms with van der Waals surface area (Å²) in [6, 6.07) is 9.37. The minimum atomic E-state index is -0.239. The predicted octanol–water partition coefficient (Wildman–Crippen LogP) is 4.16. The van der Waals surface area contributed by atoms with Gasteiger partial charge >= 0.3 is 0 Å². The Balaban J connectivity index is 2.25. The molecule has 7 heteroatoms. The standard InChI is InChI=1S/C23H34N4O3/c1-7-9-10-22(29)26(8-2)16-21(28)24-20-15-19(23(3,4)5)25-27(20)17-11-13-18(30-6)14-12-17/h11-15H,7-10,16H2,1-6H3,(H,24,28). The van der Waals surface area contributed by atoms with Gasteiger partial charge in [0.05, 0.1) is 25.0 Å². The zero-order valence-electron chi connectivity index (χ0n) is 19.0. The summed E-state index contributed by atoms with van der Waals surface area (Å²) in [7, 11) is 1.62. The summed E-state index contributed by atoms with van der Waals surface area (Å²) in [6.45, 7) is 10.7. The number of hydrogen-bond donors (Lipinski definition) is 1. The molecule has 2 rings (SSSR count). The maximum Gasteiger partial charge on any atom is 0.245 e. The molecule has 7 nitrogen and oxygen atoms in total. The van der Waals surface area contributed by atoms with Gasteiger partial charge in [0.15, 0.2) is 0 Å². The summed E-state index contributed by atoms with van der Waals surface area (Å²) in [5.41, 5.74) is 1.50. The lowest BCUT2D eigenvalue weighted by Gasteiger charge is -2.20. The van der Waals surface area contributed by atoms with E-state index in [0.29, 0.717) is 18.8 Å². The molecular weight excluding hydrogens is 380 g/mol. The Bertz CT molecular complexity index is 850. The fourth-order valence-electron chi connectivity index (χ4n) is 2.98. The molecular formula is C23H34N4O3. The average molecular weight is 415 g/mol. The molecule has 1 heterocycles. The molecule has 0 unspecified atom stereocenters. The molecule has 0 aliphatic rings. The van der Waals surface area contributed by atoms with E-state index in [-0.39, 0.29) is 23.8 Å². The molecule has 0 aliphatic carbocycles. The van der Waals surface area contributed by atoms with E-state index < -0.39 is 0 Å². The SMILES string of the molecule is CCCCC(=O)N(CC)CC(=O)Nc1cc(C(C)(C)C)nn1-c1ccc(OC)cc1. The van der Waals surface area contributed by atoms with E-state index in [1.54, 1.807) is 16.7 Å². The van der Waals surface area contributed by atoms with Gasteiger partial charge in [-0.1, -0.05) is 34.1 Å². The van der Waals surface area contributed by atoms with Gasteiger partial charge in [0.1, 0.15) is 11.6 Å². The highest BCUT2D eigenvalue weighted by Gasteiger charge is 2.22. The fraction of sp³-hybridized carbons (Fsp3) is 0.522. The quantitative estimate of drug-likeness (QED) is 0.669. The van der Waals surface area contributed by atoms with Gasteiger partial charge in [-0.05, 0) is 37.6 Å². The van der Waals surface area contributed by atoms with Crippen molar-refractivity contribution in [1.82, 2.24) is 14.7 Å². The second kappa shape index (κ2) is 10.3. The third kappa shape index (κ3) is 6.08. The number of anilines is 1. The molecule has 1 N–H and O–H groups in total. The zero-order chi connectivity index (χ0) is 22.3. The van der Waals surface area contributed by atoms with Crippen LogP contribution in [0.15, 0.2) is 30.3 Å². The van der Waals surface area contributed by atoms with Gasteiger partial charge in [0.2, 0.25) is 11.8 Å². The minimum absolute atomic E-state index is 0.00791. The van der Waals surface area contributed by atoms with Gasteiger partial charge < -0.3 is 15.0 Å². The van der Waals surface area contributed by atoms with Crippen molar-refractivity contribution in [2.24, 2.45) is 0 Å². The first kappa shape index (κ1) is 23.4. The Morgan fingerprint density at radius 3 is 2.37 bits per heavy atom. The number of ether oxygens (including phenoxy) is 1. The smallest absolute Gasteiger partial charge is 0.245 e. The van der Waals surface area contributed by atoms with Crippen molar-refractivity contribution in [3.63, 3.8) is 0 Å². The van der Waals surface area contributed by atoms with Gasteiger partial charge in [-0.15, -0.1) is 0 Å². The van der Waals surface area contributed by atoms with Crippen LogP contribution in [0.2, 0.25) is 0 Å². The van der Waals surface area contributed by atoms with Gasteiger partial charge in [-0.25, -0.2) is 4.68 Å². The molecule has 0 atom stereocenters. The Hall–Kier alpha value is -2.83. The second-order valence-corrected chi connectivity index (χ2v) is 8.33. The number of amides is 2. The molecule has 2 amide bonds. The van der Waals surface area contributed by atoms with Crippen LogP contribution < -0.4 is 10.1 Å². The first-order valence-corrected chi connectivity index (χ1v) is 10.5. The van der Waals surface area contributed by atoms with E-state index in [0.717, 1.165) is 30.0 Å². The first-order chi connectivity index (χ1) is 14.2. The van der Waals surface area contributed by atoms with Gasteiger partial charge in [0, 0.05) is 24.4 Å². The van der Waals surface area contributed by atoms with Crippen molar-refractivity contribution in [3.8, 4) is 11.4 Å². The summed E-state index contributed by atoms with van der Waals surface area (Å²) >= 11 is 0. The third-order valence-electron chi connectivity index (χ3n) is 4.88. The van der Waals surface area contributed by atoms with Crippen LogP contribution in [0.3, 0.4) is 0 Å². The summed E-state index contributed by atoms with van der Waals surface area (Å²) in [5, 5.41) is 7.66. The number of nitrogens with one attached hydrogen (secondary N) is 1. The molecule has 0 spiro atoms. The lowest BCUT2D eigenvalue weighted by atomic mass is 9.92. The van der Waals surface area contributed by atoms with Crippen molar-refractivity contribution in [2.75, 3.05) is 25.5 Å². The number of aromatic nitrogens is 2. The predicted molar refractivity (Wildman–Crippen MR) is 119 cm³/mol. The first-order valence-electron chi connectivity index (χ1n) is 10.5. The van der Waals surface area contributed by atoms with Crippen LogP contribution in [0.1, 0.15) is 59.6 Å². The highest BCUT2D eigenvalue weighted by molar-refractivity contribution is 5.94. The highest BCUT2D eigenvalue weighted by Crippen LogP contribution is 2.27. The van der Waals surface area contributed by atoms with Crippen molar-refractivity contribution in [1.29, 1.82) is 0 Å². The van der Waals surface area contributed by atoms with Crippen LogP contribution >= 0.6 is 0 Å². The largest absolute Gasteiger partial charge is 0.497 e. The van der Waals surface area contributed by atoms with E-state index in [9.17, 15) is 9.59 Å². The number of nitrogens with zero attached hydrogens (tertiary/aromatic N) is 3. The molecule has 0 saturated heterocycles. The van der Waals surface area contributed by atoms with Crippen molar-refractivity contribution in [3.05, 3.63) is 36.0 Å². The number of hydrogen-bond acceptors (Lipinski definition) is 4. The van der Waals surface area contributed by atoms with Crippen LogP contribution in [0, 0.1) is 0 Å². The van der Waals surface area contributed by atoms with E-state index in [2.05, 4.69) is 26.1 Å². The number of benzene rings is 1. The number of methoxy groups -OCH3 is 1. The van der Waals surface area contributed by atoms with Crippen LogP contribution in [0.25, 0.3) is 5.69 Å². The van der Waals surface area contributed by atoms with Crippen LogP contribution in [0.5, 0.6) is 5.75 Å². The van der Waals surface area contributed by atoms with Crippen LogP contribution in [-0.2, 0) is 15.0 Å². The second-order valence-electron chi connectivity index (χ2n) is 8.33. The number of carbonyl (C=O) groups is 2. The lowest BCUT2D eigenvalue weighted by molar-refractivity contribution is -0.134. The van der Waals surface area contributed by atoms with Gasteiger partial charge in [-0.3, -0.25) is 9.59 Å². The fourth-order valence-corrected chi connectivity index (χ4v) is 2.98. The normalized spacial score (nSPS) is 11.3. The van der Waals surface area contributed by atoms with E-state index >= 15 is 0 Å². The Kier molecular flexibility index (Phi) is 8.03. The molecule has 0 saturated carbocycles. The number of likely N-dealkylation sites (N-methyl/N-ethyl adjacent to an activating group) is 1. The summed E-state index contributed by atoms with van der Waals surface area (Å²) in [4.78, 5) is 26.6. The maximum atomic E-state index is 12.7. The van der Waals surface area contributed by atoms with Crippen LogP contribution in [-0.4, -0.2) is 46.7 Å². The molecule has 0 aliphatic heterocycles. The average Bonchev–Trinajstić information content (AvgIpc) is 3.14. The summed E-state index contributed by atoms with van der Waals surface area (Å²) < 4.78 is 6.94. The maximum absolute atomic E-state index is 12.7. The number of unbranched alkanes of at least 4 members (excludes halogenated alkanes) is 1. The summed E-state index contributed by atoms with van der Waals surface area (Å²) in [5.74, 6) is 1.09. The Morgan fingerprint density at radius 2 is 1.83 bits per heavy atom. The molecule has 30 heavy (non-hydrogen) atoms. The molecule has 2 aromatic rings. The number of rotatable bonds is 9. The molecule has 0 bridgehead atoms. The summed E-state index contributed by atoms with van der Waals surface area (Å²) in [6.07, 6.45) is 2.25. The molecule has 1 aromatic carbocycles.